The van der Waals surface area contributed by atoms with Gasteiger partial charge in [0.25, 0.3) is 0 Å². The second-order valence-corrected chi connectivity index (χ2v) is 7.71. The fourth-order valence-corrected chi connectivity index (χ4v) is 4.90. The van der Waals surface area contributed by atoms with Crippen LogP contribution < -0.4 is 10.1 Å². The number of carbonyl (C=O) groups excluding carboxylic acids is 1. The van der Waals surface area contributed by atoms with Gasteiger partial charge >= 0.3 is 0 Å². The fraction of sp³-hybridized carbons (Fsp3) is 0.611. The fourth-order valence-electron chi connectivity index (χ4n) is 4.15. The highest BCUT2D eigenvalue weighted by atomic mass is 32.2. The van der Waals surface area contributed by atoms with Crippen molar-refractivity contribution in [2.24, 2.45) is 17.8 Å². The lowest BCUT2D eigenvalue weighted by Gasteiger charge is -2.28. The lowest BCUT2D eigenvalue weighted by molar-refractivity contribution is -0.119. The van der Waals surface area contributed by atoms with Crippen LogP contribution in [-0.2, 0) is 4.79 Å². The average Bonchev–Trinajstić information content (AvgIpc) is 3.16. The number of methoxy groups -OCH3 is 1. The molecule has 0 aromatic heterocycles. The number of hydrogen-bond acceptors (Lipinski definition) is 3. The van der Waals surface area contributed by atoms with Crippen molar-refractivity contribution in [3.05, 3.63) is 24.3 Å². The zero-order chi connectivity index (χ0) is 15.5. The molecule has 4 unspecified atom stereocenters. The molecule has 1 amide bonds. The predicted molar refractivity (Wildman–Crippen MR) is 90.3 cm³/mol. The second-order valence-electron chi connectivity index (χ2n) is 6.66. The molecule has 2 saturated carbocycles. The van der Waals surface area contributed by atoms with E-state index in [1.54, 1.807) is 18.9 Å². The highest BCUT2D eigenvalue weighted by Crippen LogP contribution is 2.49. The van der Waals surface area contributed by atoms with Gasteiger partial charge in [0.1, 0.15) is 5.75 Å². The van der Waals surface area contributed by atoms with E-state index in [1.165, 1.54) is 25.7 Å². The van der Waals surface area contributed by atoms with Gasteiger partial charge in [-0.1, -0.05) is 12.5 Å². The average molecular weight is 319 g/mol. The molecule has 2 aliphatic carbocycles. The molecule has 120 valence electrons. The largest absolute Gasteiger partial charge is 0.497 e. The standard InChI is InChI=1S/C18H25NO2S/c1-12(17-9-13-6-7-14(17)8-13)19-18(20)11-22-16-5-3-4-15(10-16)21-2/h3-5,10,12-14,17H,6-9,11H2,1-2H3,(H,19,20). The van der Waals surface area contributed by atoms with E-state index in [9.17, 15) is 4.79 Å². The number of ether oxygens (including phenoxy) is 1. The van der Waals surface area contributed by atoms with Gasteiger partial charge in [0.2, 0.25) is 5.91 Å². The Balaban J connectivity index is 1.46. The third-order valence-corrected chi connectivity index (χ3v) is 6.23. The van der Waals surface area contributed by atoms with Crippen LogP contribution in [0.3, 0.4) is 0 Å². The SMILES string of the molecule is COc1cccc(SCC(=O)NC(C)C2CC3CCC2C3)c1. The van der Waals surface area contributed by atoms with Crippen molar-refractivity contribution in [2.75, 3.05) is 12.9 Å². The molecule has 1 N–H and O–H groups in total. The maximum atomic E-state index is 12.2. The van der Waals surface area contributed by atoms with Crippen molar-refractivity contribution in [1.29, 1.82) is 0 Å². The van der Waals surface area contributed by atoms with Crippen LogP contribution in [0.5, 0.6) is 5.75 Å². The topological polar surface area (TPSA) is 38.3 Å². The van der Waals surface area contributed by atoms with E-state index in [1.807, 2.05) is 24.3 Å². The van der Waals surface area contributed by atoms with Crippen molar-refractivity contribution < 1.29 is 9.53 Å². The van der Waals surface area contributed by atoms with Gasteiger partial charge in [-0.25, -0.2) is 0 Å². The van der Waals surface area contributed by atoms with Crippen LogP contribution in [-0.4, -0.2) is 24.8 Å². The minimum absolute atomic E-state index is 0.142. The Hall–Kier alpha value is -1.16. The summed E-state index contributed by atoms with van der Waals surface area (Å²) in [4.78, 5) is 13.3. The van der Waals surface area contributed by atoms with Crippen LogP contribution in [0.15, 0.2) is 29.2 Å². The molecule has 2 aliphatic rings. The quantitative estimate of drug-likeness (QED) is 0.812. The van der Waals surface area contributed by atoms with E-state index in [0.717, 1.165) is 22.5 Å². The molecule has 0 aliphatic heterocycles. The molecule has 4 atom stereocenters. The molecule has 4 heteroatoms. The van der Waals surface area contributed by atoms with Crippen molar-refractivity contribution in [3.8, 4) is 5.75 Å². The molecule has 2 bridgehead atoms. The van der Waals surface area contributed by atoms with Crippen LogP contribution in [0.4, 0.5) is 0 Å². The number of thioether (sulfide) groups is 1. The number of hydrogen-bond donors (Lipinski definition) is 1. The number of rotatable bonds is 6. The van der Waals surface area contributed by atoms with E-state index in [-0.39, 0.29) is 5.91 Å². The van der Waals surface area contributed by atoms with E-state index >= 15 is 0 Å². The van der Waals surface area contributed by atoms with Crippen molar-refractivity contribution in [2.45, 2.75) is 43.5 Å². The Bertz CT molecular complexity index is 534. The first-order valence-electron chi connectivity index (χ1n) is 8.22. The summed E-state index contributed by atoms with van der Waals surface area (Å²) in [6.07, 6.45) is 5.49. The third-order valence-electron chi connectivity index (χ3n) is 5.23. The Kier molecular flexibility index (Phi) is 4.97. The number of benzene rings is 1. The Morgan fingerprint density at radius 3 is 2.95 bits per heavy atom. The van der Waals surface area contributed by atoms with Gasteiger partial charge in [0.15, 0.2) is 0 Å². The maximum absolute atomic E-state index is 12.2. The van der Waals surface area contributed by atoms with E-state index in [0.29, 0.717) is 17.7 Å². The molecule has 0 heterocycles. The molecule has 1 aromatic rings. The second kappa shape index (κ2) is 6.95. The van der Waals surface area contributed by atoms with Crippen molar-refractivity contribution in [1.82, 2.24) is 5.32 Å². The van der Waals surface area contributed by atoms with E-state index < -0.39 is 0 Å². The van der Waals surface area contributed by atoms with E-state index in [2.05, 4.69) is 12.2 Å². The Morgan fingerprint density at radius 1 is 1.41 bits per heavy atom. The summed E-state index contributed by atoms with van der Waals surface area (Å²) in [5, 5.41) is 3.21. The molecule has 0 radical (unpaired) electrons. The smallest absolute Gasteiger partial charge is 0.230 e. The maximum Gasteiger partial charge on any atom is 0.230 e. The number of carbonyl (C=O) groups is 1. The van der Waals surface area contributed by atoms with Crippen LogP contribution in [0, 0.1) is 17.8 Å². The predicted octanol–water partition coefficient (Wildman–Crippen LogP) is 3.73. The Labute approximate surface area is 137 Å². The number of fused-ring (bicyclic) bond motifs is 2. The van der Waals surface area contributed by atoms with Gasteiger partial charge in [-0.2, -0.15) is 0 Å². The molecular formula is C18H25NO2S. The summed E-state index contributed by atoms with van der Waals surface area (Å²) < 4.78 is 5.21. The summed E-state index contributed by atoms with van der Waals surface area (Å²) in [5.41, 5.74) is 0. The monoisotopic (exact) mass is 319 g/mol. The number of nitrogens with one attached hydrogen (secondary N) is 1. The molecule has 1 aromatic carbocycles. The lowest BCUT2D eigenvalue weighted by atomic mass is 9.84. The summed E-state index contributed by atoms with van der Waals surface area (Å²) in [6.45, 7) is 2.18. The van der Waals surface area contributed by atoms with Gasteiger partial charge in [0.05, 0.1) is 12.9 Å². The first kappa shape index (κ1) is 15.7. The molecule has 22 heavy (non-hydrogen) atoms. The zero-order valence-corrected chi connectivity index (χ0v) is 14.2. The van der Waals surface area contributed by atoms with Crippen LogP contribution >= 0.6 is 11.8 Å². The van der Waals surface area contributed by atoms with Gasteiger partial charge in [-0.15, -0.1) is 11.8 Å². The van der Waals surface area contributed by atoms with Crippen LogP contribution in [0.2, 0.25) is 0 Å². The van der Waals surface area contributed by atoms with Crippen molar-refractivity contribution in [3.63, 3.8) is 0 Å². The van der Waals surface area contributed by atoms with Gasteiger partial charge in [-0.05, 0) is 62.1 Å². The van der Waals surface area contributed by atoms with Crippen LogP contribution in [0.25, 0.3) is 0 Å². The molecule has 3 nitrogen and oxygen atoms in total. The first-order chi connectivity index (χ1) is 10.7. The normalized spacial score (nSPS) is 27.6. The molecule has 3 rings (SSSR count). The summed E-state index contributed by atoms with van der Waals surface area (Å²) in [5.74, 6) is 3.93. The first-order valence-corrected chi connectivity index (χ1v) is 9.20. The lowest BCUT2D eigenvalue weighted by Crippen LogP contribution is -2.40. The zero-order valence-electron chi connectivity index (χ0n) is 13.4. The molecule has 0 spiro atoms. The highest BCUT2D eigenvalue weighted by Gasteiger charge is 2.42. The van der Waals surface area contributed by atoms with Gasteiger partial charge < -0.3 is 10.1 Å². The molecule has 0 saturated heterocycles. The number of amides is 1. The Morgan fingerprint density at radius 2 is 2.27 bits per heavy atom. The highest BCUT2D eigenvalue weighted by molar-refractivity contribution is 8.00. The molecular weight excluding hydrogens is 294 g/mol. The summed E-state index contributed by atoms with van der Waals surface area (Å²) >= 11 is 1.57. The van der Waals surface area contributed by atoms with Crippen LogP contribution in [0.1, 0.15) is 32.6 Å². The summed E-state index contributed by atoms with van der Waals surface area (Å²) in [7, 11) is 1.66. The summed E-state index contributed by atoms with van der Waals surface area (Å²) in [6, 6.07) is 8.17. The van der Waals surface area contributed by atoms with Gasteiger partial charge in [0, 0.05) is 10.9 Å². The van der Waals surface area contributed by atoms with Gasteiger partial charge in [-0.3, -0.25) is 4.79 Å². The minimum atomic E-state index is 0.142. The molecule has 2 fully saturated rings. The van der Waals surface area contributed by atoms with E-state index in [4.69, 9.17) is 4.74 Å². The minimum Gasteiger partial charge on any atom is -0.497 e. The van der Waals surface area contributed by atoms with Crippen molar-refractivity contribution >= 4 is 17.7 Å². The third kappa shape index (κ3) is 3.60.